The summed E-state index contributed by atoms with van der Waals surface area (Å²) in [6.07, 6.45) is -2.14. The number of rotatable bonds is 5. The second-order valence-corrected chi connectivity index (χ2v) is 8.60. The van der Waals surface area contributed by atoms with Gasteiger partial charge in [-0.2, -0.15) is 8.42 Å². The van der Waals surface area contributed by atoms with E-state index in [2.05, 4.69) is 6.58 Å². The Bertz CT molecular complexity index is 756. The van der Waals surface area contributed by atoms with E-state index in [1.165, 1.54) is 12.1 Å². The van der Waals surface area contributed by atoms with Crippen LogP contribution in [0.2, 0.25) is 0 Å². The van der Waals surface area contributed by atoms with Crippen LogP contribution in [-0.2, 0) is 28.5 Å². The highest BCUT2D eigenvalue weighted by Gasteiger charge is 2.54. The van der Waals surface area contributed by atoms with Crippen molar-refractivity contribution in [3.8, 4) is 0 Å². The standard InChI is InChI=1S/C18H24O7S/c1-5-13-16-17(25-18(3,4)24-16)15(19)14(23-13)10-22-26(20,21)12-8-6-11(2)7-9-12/h5-9,13-17,19H,1,10H2,2-4H3/t13-,14-,15-,16-,17+/m1/s1. The van der Waals surface area contributed by atoms with E-state index in [1.54, 1.807) is 32.1 Å². The summed E-state index contributed by atoms with van der Waals surface area (Å²) in [4.78, 5) is 0.0492. The highest BCUT2D eigenvalue weighted by molar-refractivity contribution is 7.86. The number of fused-ring (bicyclic) bond motifs is 1. The molecule has 0 bridgehead atoms. The molecule has 2 fully saturated rings. The Morgan fingerprint density at radius 2 is 1.85 bits per heavy atom. The van der Waals surface area contributed by atoms with Crippen LogP contribution >= 0.6 is 0 Å². The minimum absolute atomic E-state index is 0.0492. The Morgan fingerprint density at radius 3 is 2.46 bits per heavy atom. The van der Waals surface area contributed by atoms with Gasteiger partial charge in [0, 0.05) is 0 Å². The molecule has 2 saturated heterocycles. The first-order chi connectivity index (χ1) is 12.1. The second kappa shape index (κ2) is 7.03. The van der Waals surface area contributed by atoms with Crippen LogP contribution < -0.4 is 0 Å². The van der Waals surface area contributed by atoms with E-state index in [0.717, 1.165) is 5.56 Å². The molecule has 0 radical (unpaired) electrons. The van der Waals surface area contributed by atoms with Crippen LogP contribution in [0.5, 0.6) is 0 Å². The number of benzene rings is 1. The molecular weight excluding hydrogens is 360 g/mol. The van der Waals surface area contributed by atoms with Crippen LogP contribution in [0.3, 0.4) is 0 Å². The monoisotopic (exact) mass is 384 g/mol. The highest BCUT2D eigenvalue weighted by atomic mass is 32.2. The van der Waals surface area contributed by atoms with Gasteiger partial charge >= 0.3 is 0 Å². The summed E-state index contributed by atoms with van der Waals surface area (Å²) in [5, 5.41) is 10.5. The third-order valence-electron chi connectivity index (χ3n) is 4.47. The summed E-state index contributed by atoms with van der Waals surface area (Å²) in [5.41, 5.74) is 0.941. The lowest BCUT2D eigenvalue weighted by atomic mass is 9.95. The van der Waals surface area contributed by atoms with E-state index < -0.39 is 46.4 Å². The fourth-order valence-electron chi connectivity index (χ4n) is 3.16. The van der Waals surface area contributed by atoms with E-state index in [-0.39, 0.29) is 11.5 Å². The van der Waals surface area contributed by atoms with Gasteiger partial charge in [-0.3, -0.25) is 4.18 Å². The number of aliphatic hydroxyl groups excluding tert-OH is 1. The zero-order valence-corrected chi connectivity index (χ0v) is 15.8. The number of aliphatic hydroxyl groups is 1. The number of aryl methyl sites for hydroxylation is 1. The molecular formula is C18H24O7S. The molecule has 8 heteroatoms. The van der Waals surface area contributed by atoms with Gasteiger partial charge in [-0.1, -0.05) is 23.8 Å². The lowest BCUT2D eigenvalue weighted by molar-refractivity contribution is -0.180. The van der Waals surface area contributed by atoms with Crippen molar-refractivity contribution in [3.05, 3.63) is 42.5 Å². The largest absolute Gasteiger partial charge is 0.387 e. The topological polar surface area (TPSA) is 91.3 Å². The van der Waals surface area contributed by atoms with Crippen LogP contribution in [0.1, 0.15) is 19.4 Å². The molecule has 0 aliphatic carbocycles. The van der Waals surface area contributed by atoms with Gasteiger partial charge in [-0.15, -0.1) is 6.58 Å². The van der Waals surface area contributed by atoms with Gasteiger partial charge in [-0.25, -0.2) is 0 Å². The molecule has 2 aliphatic rings. The smallest absolute Gasteiger partial charge is 0.297 e. The summed E-state index contributed by atoms with van der Waals surface area (Å²) in [5.74, 6) is -0.870. The Hall–Kier alpha value is -1.29. The zero-order valence-electron chi connectivity index (χ0n) is 15.0. The lowest BCUT2D eigenvalue weighted by Crippen LogP contribution is -2.56. The van der Waals surface area contributed by atoms with Crippen molar-refractivity contribution in [3.63, 3.8) is 0 Å². The molecule has 7 nitrogen and oxygen atoms in total. The van der Waals surface area contributed by atoms with Gasteiger partial charge in [0.15, 0.2) is 5.79 Å². The Kier molecular flexibility index (Phi) is 5.26. The van der Waals surface area contributed by atoms with Crippen LogP contribution in [0.25, 0.3) is 0 Å². The van der Waals surface area contributed by atoms with Crippen molar-refractivity contribution in [2.45, 2.75) is 62.0 Å². The van der Waals surface area contributed by atoms with Gasteiger partial charge in [0.05, 0.1) is 11.5 Å². The molecule has 144 valence electrons. The third-order valence-corrected chi connectivity index (χ3v) is 5.76. The van der Waals surface area contributed by atoms with Gasteiger partial charge in [-0.05, 0) is 32.9 Å². The summed E-state index contributed by atoms with van der Waals surface area (Å²) in [6, 6.07) is 6.32. The fourth-order valence-corrected chi connectivity index (χ4v) is 4.08. The predicted octanol–water partition coefficient (Wildman–Crippen LogP) is 1.53. The van der Waals surface area contributed by atoms with E-state index in [9.17, 15) is 13.5 Å². The Morgan fingerprint density at radius 1 is 1.23 bits per heavy atom. The zero-order chi connectivity index (χ0) is 19.1. The first kappa shape index (κ1) is 19.5. The van der Waals surface area contributed by atoms with Crippen molar-refractivity contribution in [2.24, 2.45) is 0 Å². The molecule has 2 aliphatic heterocycles. The number of ether oxygens (including phenoxy) is 3. The van der Waals surface area contributed by atoms with E-state index >= 15 is 0 Å². The summed E-state index contributed by atoms with van der Waals surface area (Å²) in [6.45, 7) is 8.72. The number of hydrogen-bond acceptors (Lipinski definition) is 7. The quantitative estimate of drug-likeness (QED) is 0.608. The van der Waals surface area contributed by atoms with Crippen molar-refractivity contribution in [1.82, 2.24) is 0 Å². The lowest BCUT2D eigenvalue weighted by Gasteiger charge is -2.38. The van der Waals surface area contributed by atoms with Crippen LogP contribution in [0.15, 0.2) is 41.8 Å². The maximum Gasteiger partial charge on any atom is 0.297 e. The Labute approximate surface area is 153 Å². The van der Waals surface area contributed by atoms with Crippen LogP contribution in [-0.4, -0.2) is 56.4 Å². The second-order valence-electron chi connectivity index (χ2n) is 6.98. The SMILES string of the molecule is C=C[C@H]1O[C@H](COS(=O)(=O)c2ccc(C)cc2)[C@@H](O)[C@@H]2OC(C)(C)O[C@@H]21. The minimum atomic E-state index is -3.96. The summed E-state index contributed by atoms with van der Waals surface area (Å²) < 4.78 is 47.1. The van der Waals surface area contributed by atoms with Gasteiger partial charge < -0.3 is 19.3 Å². The first-order valence-electron chi connectivity index (χ1n) is 8.41. The molecule has 1 aromatic carbocycles. The van der Waals surface area contributed by atoms with Crippen LogP contribution in [0.4, 0.5) is 0 Å². The molecule has 0 amide bonds. The minimum Gasteiger partial charge on any atom is -0.387 e. The first-order valence-corrected chi connectivity index (χ1v) is 9.81. The van der Waals surface area contributed by atoms with E-state index in [1.807, 2.05) is 6.92 Å². The third kappa shape index (κ3) is 3.85. The number of hydrogen-bond donors (Lipinski definition) is 1. The molecule has 0 unspecified atom stereocenters. The normalized spacial score (nSPS) is 33.6. The van der Waals surface area contributed by atoms with E-state index in [4.69, 9.17) is 18.4 Å². The molecule has 2 heterocycles. The van der Waals surface area contributed by atoms with Crippen molar-refractivity contribution in [1.29, 1.82) is 0 Å². The van der Waals surface area contributed by atoms with Crippen molar-refractivity contribution in [2.75, 3.05) is 6.61 Å². The van der Waals surface area contributed by atoms with Crippen LogP contribution in [0, 0.1) is 6.92 Å². The average molecular weight is 384 g/mol. The molecule has 26 heavy (non-hydrogen) atoms. The van der Waals surface area contributed by atoms with Gasteiger partial charge in [0.2, 0.25) is 0 Å². The average Bonchev–Trinajstić information content (AvgIpc) is 2.90. The van der Waals surface area contributed by atoms with Crippen molar-refractivity contribution < 1.29 is 31.9 Å². The van der Waals surface area contributed by atoms with Gasteiger partial charge in [0.25, 0.3) is 10.1 Å². The predicted molar refractivity (Wildman–Crippen MR) is 93.0 cm³/mol. The Balaban J connectivity index is 1.71. The molecule has 3 rings (SSSR count). The maximum absolute atomic E-state index is 12.3. The molecule has 0 aromatic heterocycles. The maximum atomic E-state index is 12.3. The molecule has 1 N–H and O–H groups in total. The van der Waals surface area contributed by atoms with Crippen molar-refractivity contribution >= 4 is 10.1 Å². The highest BCUT2D eigenvalue weighted by Crippen LogP contribution is 2.38. The molecule has 5 atom stereocenters. The molecule has 0 saturated carbocycles. The fraction of sp³-hybridized carbons (Fsp3) is 0.556. The summed E-state index contributed by atoms with van der Waals surface area (Å²) >= 11 is 0. The summed E-state index contributed by atoms with van der Waals surface area (Å²) in [7, 11) is -3.96. The molecule has 0 spiro atoms. The van der Waals surface area contributed by atoms with Gasteiger partial charge in [0.1, 0.15) is 30.5 Å². The van der Waals surface area contributed by atoms with E-state index in [0.29, 0.717) is 0 Å². The molecule has 1 aromatic rings.